The third kappa shape index (κ3) is 3.71. The summed E-state index contributed by atoms with van der Waals surface area (Å²) in [6.07, 6.45) is 0. The van der Waals surface area contributed by atoms with Crippen LogP contribution in [-0.2, 0) is 4.79 Å². The van der Waals surface area contributed by atoms with Crippen LogP contribution in [0.2, 0.25) is 0 Å². The molecule has 0 heterocycles. The maximum atomic E-state index is 12.7. The number of nitrogens with one attached hydrogen (secondary N) is 1. The smallest absolute Gasteiger partial charge is 0.262 e. The minimum atomic E-state index is -0.409. The van der Waals surface area contributed by atoms with Crippen molar-refractivity contribution in [3.05, 3.63) is 53.8 Å². The third-order valence-electron chi connectivity index (χ3n) is 2.61. The Morgan fingerprint density at radius 2 is 1.95 bits per heavy atom. The van der Waals surface area contributed by atoms with Gasteiger partial charge >= 0.3 is 0 Å². The number of anilines is 1. The molecule has 0 saturated heterocycles. The number of phenols is 1. The van der Waals surface area contributed by atoms with Crippen molar-refractivity contribution >= 4 is 11.6 Å². The van der Waals surface area contributed by atoms with Crippen molar-refractivity contribution in [3.8, 4) is 11.5 Å². The zero-order chi connectivity index (χ0) is 14.5. The lowest BCUT2D eigenvalue weighted by molar-refractivity contribution is -0.118. The second kappa shape index (κ2) is 6.06. The van der Waals surface area contributed by atoms with Crippen molar-refractivity contribution in [1.82, 2.24) is 0 Å². The van der Waals surface area contributed by atoms with Gasteiger partial charge in [0.1, 0.15) is 17.3 Å². The fraction of sp³-hybridized carbons (Fsp3) is 0.133. The highest BCUT2D eigenvalue weighted by Crippen LogP contribution is 2.23. The summed E-state index contributed by atoms with van der Waals surface area (Å²) in [7, 11) is 0. The summed E-state index contributed by atoms with van der Waals surface area (Å²) < 4.78 is 17.9. The number of benzene rings is 2. The summed E-state index contributed by atoms with van der Waals surface area (Å²) in [5.74, 6) is -0.380. The van der Waals surface area contributed by atoms with Gasteiger partial charge in [0.15, 0.2) is 6.61 Å². The zero-order valence-electron chi connectivity index (χ0n) is 10.9. The van der Waals surface area contributed by atoms with Crippen molar-refractivity contribution in [3.63, 3.8) is 0 Å². The van der Waals surface area contributed by atoms with E-state index in [0.29, 0.717) is 11.4 Å². The van der Waals surface area contributed by atoms with Crippen LogP contribution in [0.1, 0.15) is 5.56 Å². The second-order valence-electron chi connectivity index (χ2n) is 4.31. The number of aromatic hydroxyl groups is 1. The van der Waals surface area contributed by atoms with Gasteiger partial charge in [0.05, 0.1) is 5.69 Å². The Morgan fingerprint density at radius 3 is 2.60 bits per heavy atom. The Labute approximate surface area is 115 Å². The number of halogens is 1. The monoisotopic (exact) mass is 275 g/mol. The van der Waals surface area contributed by atoms with Gasteiger partial charge in [-0.05, 0) is 48.9 Å². The maximum absolute atomic E-state index is 12.7. The fourth-order valence-electron chi connectivity index (χ4n) is 1.61. The molecule has 104 valence electrons. The predicted molar refractivity (Wildman–Crippen MR) is 73.4 cm³/mol. The molecular weight excluding hydrogens is 261 g/mol. The van der Waals surface area contributed by atoms with E-state index < -0.39 is 5.91 Å². The van der Waals surface area contributed by atoms with E-state index in [2.05, 4.69) is 5.32 Å². The number of amides is 1. The van der Waals surface area contributed by atoms with Crippen LogP contribution in [0, 0.1) is 12.7 Å². The van der Waals surface area contributed by atoms with Gasteiger partial charge < -0.3 is 15.2 Å². The first kappa shape index (κ1) is 13.9. The molecule has 0 unspecified atom stereocenters. The van der Waals surface area contributed by atoms with E-state index in [1.165, 1.54) is 24.3 Å². The topological polar surface area (TPSA) is 58.6 Å². The van der Waals surface area contributed by atoms with Crippen LogP contribution in [0.15, 0.2) is 42.5 Å². The molecule has 20 heavy (non-hydrogen) atoms. The van der Waals surface area contributed by atoms with E-state index in [4.69, 9.17) is 4.74 Å². The van der Waals surface area contributed by atoms with Gasteiger partial charge in [-0.15, -0.1) is 0 Å². The minimum absolute atomic E-state index is 0.000122. The summed E-state index contributed by atoms with van der Waals surface area (Å²) in [6, 6.07) is 10.3. The van der Waals surface area contributed by atoms with E-state index in [1.54, 1.807) is 18.2 Å². The molecule has 0 spiro atoms. The van der Waals surface area contributed by atoms with Gasteiger partial charge in [0.2, 0.25) is 0 Å². The van der Waals surface area contributed by atoms with Crippen molar-refractivity contribution in [2.45, 2.75) is 6.92 Å². The van der Waals surface area contributed by atoms with Crippen molar-refractivity contribution < 1.29 is 19.0 Å². The fourth-order valence-corrected chi connectivity index (χ4v) is 1.61. The van der Waals surface area contributed by atoms with Crippen LogP contribution >= 0.6 is 0 Å². The van der Waals surface area contributed by atoms with Gasteiger partial charge in [-0.3, -0.25) is 4.79 Å². The maximum Gasteiger partial charge on any atom is 0.262 e. The van der Waals surface area contributed by atoms with Crippen LogP contribution < -0.4 is 10.1 Å². The molecule has 0 aromatic heterocycles. The molecule has 0 aliphatic carbocycles. The molecule has 2 aromatic rings. The number of ether oxygens (including phenoxy) is 1. The van der Waals surface area contributed by atoms with Crippen LogP contribution in [-0.4, -0.2) is 17.6 Å². The number of phenolic OH excluding ortho intramolecular Hbond substituents is 1. The van der Waals surface area contributed by atoms with E-state index in [-0.39, 0.29) is 18.2 Å². The summed E-state index contributed by atoms with van der Waals surface area (Å²) in [6.45, 7) is 1.61. The van der Waals surface area contributed by atoms with E-state index >= 15 is 0 Å². The molecule has 0 saturated carbocycles. The second-order valence-corrected chi connectivity index (χ2v) is 4.31. The standard InChI is InChI=1S/C15H14FNO3/c1-10-2-7-13(14(18)8-10)17-15(19)9-20-12-5-3-11(16)4-6-12/h2-8,18H,9H2,1H3,(H,17,19). The highest BCUT2D eigenvalue weighted by Gasteiger charge is 2.07. The molecule has 5 heteroatoms. The van der Waals surface area contributed by atoms with Gasteiger partial charge in [-0.1, -0.05) is 6.07 Å². The highest BCUT2D eigenvalue weighted by molar-refractivity contribution is 5.93. The lowest BCUT2D eigenvalue weighted by Crippen LogP contribution is -2.20. The number of hydrogen-bond acceptors (Lipinski definition) is 3. The molecule has 0 fully saturated rings. The molecular formula is C15H14FNO3. The lowest BCUT2D eigenvalue weighted by Gasteiger charge is -2.09. The average molecular weight is 275 g/mol. The molecule has 0 atom stereocenters. The molecule has 0 aliphatic rings. The van der Waals surface area contributed by atoms with Crippen LogP contribution in [0.4, 0.5) is 10.1 Å². The number of hydrogen-bond donors (Lipinski definition) is 2. The normalized spacial score (nSPS) is 10.1. The van der Waals surface area contributed by atoms with Crippen LogP contribution in [0.25, 0.3) is 0 Å². The molecule has 2 rings (SSSR count). The summed E-state index contributed by atoms with van der Waals surface area (Å²) in [4.78, 5) is 11.7. The Balaban J connectivity index is 1.90. The Kier molecular flexibility index (Phi) is 4.20. The average Bonchev–Trinajstić information content (AvgIpc) is 2.41. The Hall–Kier alpha value is -2.56. The largest absolute Gasteiger partial charge is 0.506 e. The van der Waals surface area contributed by atoms with Crippen molar-refractivity contribution in [2.75, 3.05) is 11.9 Å². The number of rotatable bonds is 4. The zero-order valence-corrected chi connectivity index (χ0v) is 10.9. The first-order valence-corrected chi connectivity index (χ1v) is 6.02. The Morgan fingerprint density at radius 1 is 1.25 bits per heavy atom. The first-order valence-electron chi connectivity index (χ1n) is 6.02. The van der Waals surface area contributed by atoms with Crippen LogP contribution in [0.3, 0.4) is 0 Å². The lowest BCUT2D eigenvalue weighted by atomic mass is 10.2. The quantitative estimate of drug-likeness (QED) is 0.843. The van der Waals surface area contributed by atoms with E-state index in [9.17, 15) is 14.3 Å². The summed E-state index contributed by atoms with van der Waals surface area (Å²) in [5, 5.41) is 12.2. The molecule has 0 radical (unpaired) electrons. The predicted octanol–water partition coefficient (Wildman–Crippen LogP) is 2.86. The van der Waals surface area contributed by atoms with Crippen LogP contribution in [0.5, 0.6) is 11.5 Å². The molecule has 0 bridgehead atoms. The SMILES string of the molecule is Cc1ccc(NC(=O)COc2ccc(F)cc2)c(O)c1. The Bertz CT molecular complexity index is 611. The molecule has 1 amide bonds. The molecule has 2 aromatic carbocycles. The molecule has 0 aliphatic heterocycles. The van der Waals surface area contributed by atoms with Gasteiger partial charge in [0, 0.05) is 0 Å². The van der Waals surface area contributed by atoms with E-state index in [0.717, 1.165) is 5.56 Å². The molecule has 4 nitrogen and oxygen atoms in total. The van der Waals surface area contributed by atoms with Crippen molar-refractivity contribution in [1.29, 1.82) is 0 Å². The third-order valence-corrected chi connectivity index (χ3v) is 2.61. The molecule has 2 N–H and O–H groups in total. The highest BCUT2D eigenvalue weighted by atomic mass is 19.1. The number of carbonyl (C=O) groups excluding carboxylic acids is 1. The summed E-state index contributed by atoms with van der Waals surface area (Å²) >= 11 is 0. The summed E-state index contributed by atoms with van der Waals surface area (Å²) in [5.41, 5.74) is 1.21. The van der Waals surface area contributed by atoms with Gasteiger partial charge in [-0.25, -0.2) is 4.39 Å². The van der Waals surface area contributed by atoms with E-state index in [1.807, 2.05) is 6.92 Å². The number of carbonyl (C=O) groups is 1. The van der Waals surface area contributed by atoms with Crippen molar-refractivity contribution in [2.24, 2.45) is 0 Å². The minimum Gasteiger partial charge on any atom is -0.506 e. The van der Waals surface area contributed by atoms with Gasteiger partial charge in [-0.2, -0.15) is 0 Å². The number of aryl methyl sites for hydroxylation is 1. The van der Waals surface area contributed by atoms with Gasteiger partial charge in [0.25, 0.3) is 5.91 Å². The first-order chi connectivity index (χ1) is 9.54.